The highest BCUT2D eigenvalue weighted by atomic mass is 16.6. The van der Waals surface area contributed by atoms with Crippen molar-refractivity contribution in [3.63, 3.8) is 0 Å². The number of benzene rings is 1. The average molecular weight is 263 g/mol. The van der Waals surface area contributed by atoms with E-state index in [1.54, 1.807) is 24.1 Å². The van der Waals surface area contributed by atoms with Gasteiger partial charge in [-0.15, -0.1) is 0 Å². The van der Waals surface area contributed by atoms with Crippen LogP contribution in [-0.2, 0) is 4.79 Å². The lowest BCUT2D eigenvalue weighted by Gasteiger charge is -2.41. The molecule has 0 N–H and O–H groups in total. The van der Waals surface area contributed by atoms with Crippen LogP contribution < -0.4 is 0 Å². The highest BCUT2D eigenvalue weighted by molar-refractivity contribution is 5.84. The van der Waals surface area contributed by atoms with Gasteiger partial charge < -0.3 is 4.90 Å². The summed E-state index contributed by atoms with van der Waals surface area (Å²) < 4.78 is 0. The van der Waals surface area contributed by atoms with Crippen LogP contribution in [0.5, 0.6) is 0 Å². The summed E-state index contributed by atoms with van der Waals surface area (Å²) in [5, 5.41) is 10.6. The van der Waals surface area contributed by atoms with Crippen molar-refractivity contribution < 1.29 is 9.72 Å². The molecule has 0 saturated carbocycles. The summed E-state index contributed by atoms with van der Waals surface area (Å²) in [5.74, 6) is 0.0232. The molecule has 0 aromatic heterocycles. The van der Waals surface area contributed by atoms with Crippen molar-refractivity contribution in [1.29, 1.82) is 0 Å². The summed E-state index contributed by atoms with van der Waals surface area (Å²) in [6, 6.07) is 6.00. The van der Waals surface area contributed by atoms with E-state index in [-0.39, 0.29) is 23.7 Å². The summed E-state index contributed by atoms with van der Waals surface area (Å²) in [7, 11) is 3.69. The molecular weight excluding hydrogens is 246 g/mol. The standard InChI is InChI=1S/C13H17N3O3/c1-9-8-14(2)12(13(17)15(9)3)10-4-6-11(7-5-10)16(18)19/h4-7,9,12H,8H2,1-3H3. The zero-order valence-corrected chi connectivity index (χ0v) is 11.2. The van der Waals surface area contributed by atoms with Crippen LogP contribution in [0, 0.1) is 10.1 Å². The second kappa shape index (κ2) is 4.97. The number of piperazine rings is 1. The molecular formula is C13H17N3O3. The number of rotatable bonds is 2. The predicted octanol–water partition coefficient (Wildman–Crippen LogP) is 1.43. The molecule has 0 spiro atoms. The molecule has 1 fully saturated rings. The second-order valence-corrected chi connectivity index (χ2v) is 4.99. The lowest BCUT2D eigenvalue weighted by atomic mass is 10.00. The van der Waals surface area contributed by atoms with Crippen LogP contribution in [0.3, 0.4) is 0 Å². The van der Waals surface area contributed by atoms with Gasteiger partial charge in [0.2, 0.25) is 5.91 Å². The number of non-ortho nitro benzene ring substituents is 1. The third-order valence-electron chi connectivity index (χ3n) is 3.66. The van der Waals surface area contributed by atoms with Gasteiger partial charge in [-0.05, 0) is 19.5 Å². The van der Waals surface area contributed by atoms with E-state index in [1.807, 2.05) is 18.9 Å². The van der Waals surface area contributed by atoms with Gasteiger partial charge in [-0.2, -0.15) is 0 Å². The normalized spacial score (nSPS) is 24.6. The van der Waals surface area contributed by atoms with Crippen LogP contribution in [0.4, 0.5) is 5.69 Å². The quantitative estimate of drug-likeness (QED) is 0.598. The van der Waals surface area contributed by atoms with Crippen molar-refractivity contribution in [2.75, 3.05) is 20.6 Å². The lowest BCUT2D eigenvalue weighted by Crippen LogP contribution is -2.53. The Morgan fingerprint density at radius 2 is 1.84 bits per heavy atom. The number of nitrogens with zero attached hydrogens (tertiary/aromatic N) is 3. The zero-order chi connectivity index (χ0) is 14.2. The molecule has 6 heteroatoms. The fraction of sp³-hybridized carbons (Fsp3) is 0.462. The van der Waals surface area contributed by atoms with E-state index in [1.165, 1.54) is 12.1 Å². The van der Waals surface area contributed by atoms with Gasteiger partial charge in [0.1, 0.15) is 6.04 Å². The highest BCUT2D eigenvalue weighted by Crippen LogP contribution is 2.28. The Bertz CT molecular complexity index is 500. The number of likely N-dealkylation sites (N-methyl/N-ethyl adjacent to an activating group) is 2. The Morgan fingerprint density at radius 1 is 1.26 bits per heavy atom. The molecule has 1 amide bonds. The molecule has 1 aromatic carbocycles. The molecule has 1 heterocycles. The third kappa shape index (κ3) is 2.44. The maximum absolute atomic E-state index is 12.3. The molecule has 0 radical (unpaired) electrons. The molecule has 1 aliphatic rings. The van der Waals surface area contributed by atoms with Crippen LogP contribution in [-0.4, -0.2) is 47.3 Å². The first kappa shape index (κ1) is 13.5. The van der Waals surface area contributed by atoms with Crippen molar-refractivity contribution in [3.8, 4) is 0 Å². The van der Waals surface area contributed by atoms with Gasteiger partial charge in [-0.1, -0.05) is 12.1 Å². The van der Waals surface area contributed by atoms with Crippen LogP contribution in [0.2, 0.25) is 0 Å². The molecule has 1 saturated heterocycles. The van der Waals surface area contributed by atoms with Crippen molar-refractivity contribution in [2.45, 2.75) is 19.0 Å². The second-order valence-electron chi connectivity index (χ2n) is 4.99. The Hall–Kier alpha value is -1.95. The third-order valence-corrected chi connectivity index (χ3v) is 3.66. The Kier molecular flexibility index (Phi) is 3.53. The van der Waals surface area contributed by atoms with Crippen molar-refractivity contribution in [2.24, 2.45) is 0 Å². The predicted molar refractivity (Wildman–Crippen MR) is 70.7 cm³/mol. The minimum absolute atomic E-state index is 0.0232. The topological polar surface area (TPSA) is 66.7 Å². The van der Waals surface area contributed by atoms with Crippen LogP contribution in [0.1, 0.15) is 18.5 Å². The first-order chi connectivity index (χ1) is 8.91. The van der Waals surface area contributed by atoms with E-state index in [4.69, 9.17) is 0 Å². The molecule has 6 nitrogen and oxygen atoms in total. The van der Waals surface area contributed by atoms with Crippen molar-refractivity contribution >= 4 is 11.6 Å². The summed E-state index contributed by atoms with van der Waals surface area (Å²) >= 11 is 0. The minimum Gasteiger partial charge on any atom is -0.340 e. The Balaban J connectivity index is 2.29. The van der Waals surface area contributed by atoms with Gasteiger partial charge in [-0.25, -0.2) is 0 Å². The van der Waals surface area contributed by atoms with E-state index in [2.05, 4.69) is 0 Å². The smallest absolute Gasteiger partial charge is 0.269 e. The number of hydrogen-bond donors (Lipinski definition) is 0. The number of carbonyl (C=O) groups excluding carboxylic acids is 1. The average Bonchev–Trinajstić information content (AvgIpc) is 2.37. The van der Waals surface area contributed by atoms with Crippen molar-refractivity contribution in [1.82, 2.24) is 9.80 Å². The number of carbonyl (C=O) groups is 1. The van der Waals surface area contributed by atoms with E-state index in [0.717, 1.165) is 12.1 Å². The molecule has 19 heavy (non-hydrogen) atoms. The van der Waals surface area contributed by atoms with E-state index in [9.17, 15) is 14.9 Å². The molecule has 2 rings (SSSR count). The fourth-order valence-corrected chi connectivity index (χ4v) is 2.42. The summed E-state index contributed by atoms with van der Waals surface area (Å²) in [4.78, 5) is 26.2. The van der Waals surface area contributed by atoms with Gasteiger partial charge in [-0.3, -0.25) is 19.8 Å². The summed E-state index contributed by atoms with van der Waals surface area (Å²) in [5.41, 5.74) is 0.827. The monoisotopic (exact) mass is 263 g/mol. The number of nitro benzene ring substituents is 1. The maximum Gasteiger partial charge on any atom is 0.269 e. The van der Waals surface area contributed by atoms with Crippen molar-refractivity contribution in [3.05, 3.63) is 39.9 Å². The maximum atomic E-state index is 12.3. The van der Waals surface area contributed by atoms with Crippen LogP contribution in [0.15, 0.2) is 24.3 Å². The van der Waals surface area contributed by atoms with Gasteiger partial charge in [0.25, 0.3) is 5.69 Å². The zero-order valence-electron chi connectivity index (χ0n) is 11.2. The molecule has 102 valence electrons. The van der Waals surface area contributed by atoms with Gasteiger partial charge in [0.05, 0.1) is 4.92 Å². The van der Waals surface area contributed by atoms with Gasteiger partial charge in [0, 0.05) is 31.8 Å². The van der Waals surface area contributed by atoms with Gasteiger partial charge >= 0.3 is 0 Å². The molecule has 2 unspecified atom stereocenters. The number of amides is 1. The van der Waals surface area contributed by atoms with Crippen LogP contribution >= 0.6 is 0 Å². The number of hydrogen-bond acceptors (Lipinski definition) is 4. The SMILES string of the molecule is CC1CN(C)C(c2ccc([N+](=O)[O-])cc2)C(=O)N1C. The molecule has 1 aromatic rings. The van der Waals surface area contributed by atoms with E-state index in [0.29, 0.717) is 0 Å². The van der Waals surface area contributed by atoms with E-state index >= 15 is 0 Å². The summed E-state index contributed by atoms with van der Waals surface area (Å²) in [6.07, 6.45) is 0. The van der Waals surface area contributed by atoms with E-state index < -0.39 is 4.92 Å². The highest BCUT2D eigenvalue weighted by Gasteiger charge is 2.35. The molecule has 0 bridgehead atoms. The largest absolute Gasteiger partial charge is 0.340 e. The fourth-order valence-electron chi connectivity index (χ4n) is 2.42. The Labute approximate surface area is 111 Å². The first-order valence-corrected chi connectivity index (χ1v) is 6.13. The first-order valence-electron chi connectivity index (χ1n) is 6.13. The lowest BCUT2D eigenvalue weighted by molar-refractivity contribution is -0.384. The molecule has 0 aliphatic carbocycles. The Morgan fingerprint density at radius 3 is 2.37 bits per heavy atom. The summed E-state index contributed by atoms with van der Waals surface area (Å²) in [6.45, 7) is 2.78. The molecule has 1 aliphatic heterocycles. The minimum atomic E-state index is -0.440. The van der Waals surface area contributed by atoms with Gasteiger partial charge in [0.15, 0.2) is 0 Å². The molecule has 2 atom stereocenters. The number of nitro groups is 1. The van der Waals surface area contributed by atoms with Crippen LogP contribution in [0.25, 0.3) is 0 Å².